The minimum atomic E-state index is -0.384. The van der Waals surface area contributed by atoms with Gasteiger partial charge in [0.25, 0.3) is 0 Å². The van der Waals surface area contributed by atoms with Gasteiger partial charge < -0.3 is 15.2 Å². The Hall–Kier alpha value is -2.07. The second kappa shape index (κ2) is 7.09. The normalized spacial score (nSPS) is 10.5. The summed E-state index contributed by atoms with van der Waals surface area (Å²) in [6.07, 6.45) is 0.758. The molecule has 0 aromatic heterocycles. The molecule has 2 aromatic rings. The Morgan fingerprint density at radius 2 is 2.00 bits per heavy atom. The summed E-state index contributed by atoms with van der Waals surface area (Å²) >= 11 is 0. The highest BCUT2D eigenvalue weighted by atomic mass is 19.1. The molecule has 21 heavy (non-hydrogen) atoms. The Kier molecular flexibility index (Phi) is 5.17. The summed E-state index contributed by atoms with van der Waals surface area (Å²) in [5, 5.41) is 0. The molecule has 2 aromatic carbocycles. The molecule has 0 fully saturated rings. The Labute approximate surface area is 124 Å². The summed E-state index contributed by atoms with van der Waals surface area (Å²) in [5.74, 6) is 0.684. The van der Waals surface area contributed by atoms with E-state index in [0.717, 1.165) is 28.9 Å². The number of nitrogens with two attached hydrogens (primary N) is 1. The topological polar surface area (TPSA) is 44.5 Å². The smallest absolute Gasteiger partial charge is 0.165 e. The van der Waals surface area contributed by atoms with Crippen molar-refractivity contribution in [2.45, 2.75) is 20.0 Å². The number of para-hydroxylation sites is 1. The third-order valence-corrected chi connectivity index (χ3v) is 3.31. The summed E-state index contributed by atoms with van der Waals surface area (Å²) in [4.78, 5) is 0. The molecule has 112 valence electrons. The number of halogens is 1. The number of hydrogen-bond donors (Lipinski definition) is 1. The minimum Gasteiger partial charge on any atom is -0.494 e. The number of ether oxygens (including phenoxy) is 2. The fourth-order valence-corrected chi connectivity index (χ4v) is 2.23. The van der Waals surface area contributed by atoms with E-state index >= 15 is 0 Å². The molecule has 0 aliphatic heterocycles. The molecule has 0 heterocycles. The molecule has 3 nitrogen and oxygen atoms in total. The Morgan fingerprint density at radius 1 is 1.19 bits per heavy atom. The van der Waals surface area contributed by atoms with Crippen LogP contribution in [0.5, 0.6) is 11.5 Å². The maximum absolute atomic E-state index is 13.7. The molecule has 0 atom stereocenters. The Bertz CT molecular complexity index is 614. The Balaban J connectivity index is 2.14. The lowest BCUT2D eigenvalue weighted by Gasteiger charge is -2.14. The van der Waals surface area contributed by atoms with Gasteiger partial charge in [0.1, 0.15) is 12.4 Å². The summed E-state index contributed by atoms with van der Waals surface area (Å²) in [7, 11) is 1.45. The highest BCUT2D eigenvalue weighted by Crippen LogP contribution is 2.25. The summed E-state index contributed by atoms with van der Waals surface area (Å²) in [6, 6.07) is 10.8. The number of benzene rings is 2. The second-order valence-electron chi connectivity index (χ2n) is 4.86. The van der Waals surface area contributed by atoms with Gasteiger partial charge in [-0.2, -0.15) is 0 Å². The van der Waals surface area contributed by atoms with Crippen molar-refractivity contribution in [3.63, 3.8) is 0 Å². The van der Waals surface area contributed by atoms with Crippen LogP contribution in [0.1, 0.15) is 16.7 Å². The van der Waals surface area contributed by atoms with Crippen LogP contribution in [0.3, 0.4) is 0 Å². The molecular formula is C17H20FNO2. The molecule has 0 aliphatic carbocycles. The molecule has 0 bridgehead atoms. The van der Waals surface area contributed by atoms with Crippen molar-refractivity contribution in [1.29, 1.82) is 0 Å². The van der Waals surface area contributed by atoms with Crippen LogP contribution in [0, 0.1) is 12.7 Å². The van der Waals surface area contributed by atoms with Crippen LogP contribution in [0.25, 0.3) is 0 Å². The SMILES string of the molecule is COc1ccc(COc2c(C)cccc2CCN)cc1F. The van der Waals surface area contributed by atoms with Crippen LogP contribution in [0.4, 0.5) is 4.39 Å². The first-order valence-corrected chi connectivity index (χ1v) is 6.89. The molecule has 0 radical (unpaired) electrons. The van der Waals surface area contributed by atoms with Crippen LogP contribution in [0.2, 0.25) is 0 Å². The number of aryl methyl sites for hydroxylation is 1. The van der Waals surface area contributed by atoms with Crippen LogP contribution in [0.15, 0.2) is 36.4 Å². The molecule has 0 spiro atoms. The number of hydrogen-bond acceptors (Lipinski definition) is 3. The van der Waals surface area contributed by atoms with Crippen molar-refractivity contribution in [1.82, 2.24) is 0 Å². The van der Waals surface area contributed by atoms with Crippen LogP contribution >= 0.6 is 0 Å². The fourth-order valence-electron chi connectivity index (χ4n) is 2.23. The molecule has 0 amide bonds. The number of rotatable bonds is 6. The summed E-state index contributed by atoms with van der Waals surface area (Å²) in [6.45, 7) is 2.87. The van der Waals surface area contributed by atoms with Crippen molar-refractivity contribution in [2.24, 2.45) is 5.73 Å². The van der Waals surface area contributed by atoms with Crippen molar-refractivity contribution >= 4 is 0 Å². The van der Waals surface area contributed by atoms with E-state index in [2.05, 4.69) is 0 Å². The zero-order chi connectivity index (χ0) is 15.2. The first-order chi connectivity index (χ1) is 10.2. The van der Waals surface area contributed by atoms with E-state index in [-0.39, 0.29) is 11.6 Å². The average molecular weight is 289 g/mol. The number of methoxy groups -OCH3 is 1. The Morgan fingerprint density at radius 3 is 2.67 bits per heavy atom. The van der Waals surface area contributed by atoms with Crippen molar-refractivity contribution < 1.29 is 13.9 Å². The largest absolute Gasteiger partial charge is 0.494 e. The average Bonchev–Trinajstić information content (AvgIpc) is 2.47. The van der Waals surface area contributed by atoms with E-state index in [9.17, 15) is 4.39 Å². The van der Waals surface area contributed by atoms with Gasteiger partial charge in [0, 0.05) is 0 Å². The molecule has 0 saturated carbocycles. The highest BCUT2D eigenvalue weighted by Gasteiger charge is 2.08. The standard InChI is InChI=1S/C17H20FNO2/c1-12-4-3-5-14(8-9-19)17(12)21-11-13-6-7-16(20-2)15(18)10-13/h3-7,10H,8-9,11,19H2,1-2H3. The van der Waals surface area contributed by atoms with Gasteiger partial charge in [0.2, 0.25) is 0 Å². The minimum absolute atomic E-state index is 0.235. The lowest BCUT2D eigenvalue weighted by atomic mass is 10.1. The predicted octanol–water partition coefficient (Wildman–Crippen LogP) is 3.22. The van der Waals surface area contributed by atoms with Gasteiger partial charge in [0.15, 0.2) is 11.6 Å². The van der Waals surface area contributed by atoms with Gasteiger partial charge in [0.05, 0.1) is 7.11 Å². The van der Waals surface area contributed by atoms with E-state index in [0.29, 0.717) is 13.2 Å². The molecule has 0 saturated heterocycles. The van der Waals surface area contributed by atoms with E-state index in [1.807, 2.05) is 25.1 Å². The fraction of sp³-hybridized carbons (Fsp3) is 0.294. The van der Waals surface area contributed by atoms with Crippen molar-refractivity contribution in [2.75, 3.05) is 13.7 Å². The zero-order valence-electron chi connectivity index (χ0n) is 12.4. The second-order valence-corrected chi connectivity index (χ2v) is 4.86. The van der Waals surface area contributed by atoms with Gasteiger partial charge >= 0.3 is 0 Å². The van der Waals surface area contributed by atoms with E-state index in [4.69, 9.17) is 15.2 Å². The van der Waals surface area contributed by atoms with E-state index < -0.39 is 0 Å². The van der Waals surface area contributed by atoms with Crippen LogP contribution < -0.4 is 15.2 Å². The van der Waals surface area contributed by atoms with Crippen molar-refractivity contribution in [3.05, 3.63) is 58.9 Å². The summed E-state index contributed by atoms with van der Waals surface area (Å²) < 4.78 is 24.4. The van der Waals surface area contributed by atoms with Gasteiger partial charge in [-0.05, 0) is 48.7 Å². The molecule has 2 N–H and O–H groups in total. The maximum Gasteiger partial charge on any atom is 0.165 e. The van der Waals surface area contributed by atoms with Gasteiger partial charge in [-0.1, -0.05) is 24.3 Å². The molecular weight excluding hydrogens is 269 g/mol. The van der Waals surface area contributed by atoms with Crippen molar-refractivity contribution in [3.8, 4) is 11.5 Å². The third kappa shape index (κ3) is 3.73. The van der Waals surface area contributed by atoms with Crippen LogP contribution in [-0.4, -0.2) is 13.7 Å². The zero-order valence-corrected chi connectivity index (χ0v) is 12.4. The maximum atomic E-state index is 13.7. The highest BCUT2D eigenvalue weighted by molar-refractivity contribution is 5.41. The quantitative estimate of drug-likeness (QED) is 0.888. The molecule has 0 aliphatic rings. The predicted molar refractivity (Wildman–Crippen MR) is 81.2 cm³/mol. The molecule has 2 rings (SSSR count). The monoisotopic (exact) mass is 289 g/mol. The molecule has 0 unspecified atom stereocenters. The van der Waals surface area contributed by atoms with Gasteiger partial charge in [-0.3, -0.25) is 0 Å². The van der Waals surface area contributed by atoms with Gasteiger partial charge in [-0.15, -0.1) is 0 Å². The van der Waals surface area contributed by atoms with Gasteiger partial charge in [-0.25, -0.2) is 4.39 Å². The first-order valence-electron chi connectivity index (χ1n) is 6.89. The van der Waals surface area contributed by atoms with E-state index in [1.165, 1.54) is 13.2 Å². The lowest BCUT2D eigenvalue weighted by Crippen LogP contribution is -2.06. The summed E-state index contributed by atoms with van der Waals surface area (Å²) in [5.41, 5.74) is 8.51. The van der Waals surface area contributed by atoms with E-state index in [1.54, 1.807) is 12.1 Å². The first kappa shape index (κ1) is 15.3. The molecule has 4 heteroatoms. The lowest BCUT2D eigenvalue weighted by molar-refractivity contribution is 0.299. The van der Waals surface area contributed by atoms with Crippen LogP contribution in [-0.2, 0) is 13.0 Å². The third-order valence-electron chi connectivity index (χ3n) is 3.31.